The number of rotatable bonds is 5. The highest BCUT2D eigenvalue weighted by molar-refractivity contribution is 6.06. The van der Waals surface area contributed by atoms with Crippen molar-refractivity contribution in [2.75, 3.05) is 0 Å². The van der Waals surface area contributed by atoms with E-state index in [4.69, 9.17) is 4.74 Å². The van der Waals surface area contributed by atoms with Crippen molar-refractivity contribution < 1.29 is 19.7 Å². The molecule has 2 N–H and O–H groups in total. The van der Waals surface area contributed by atoms with E-state index in [1.54, 1.807) is 36.4 Å². The van der Waals surface area contributed by atoms with E-state index in [1.165, 1.54) is 18.2 Å². The minimum absolute atomic E-state index is 0.0867. The lowest BCUT2D eigenvalue weighted by molar-refractivity contribution is 0.104. The van der Waals surface area contributed by atoms with Crippen molar-refractivity contribution in [1.82, 2.24) is 0 Å². The van der Waals surface area contributed by atoms with Gasteiger partial charge in [0, 0.05) is 5.56 Å². The van der Waals surface area contributed by atoms with Gasteiger partial charge in [-0.2, -0.15) is 0 Å². The molecule has 114 valence electrons. The highest BCUT2D eigenvalue weighted by Gasteiger charge is 2.04. The molecule has 0 spiro atoms. The topological polar surface area (TPSA) is 66.8 Å². The summed E-state index contributed by atoms with van der Waals surface area (Å²) in [5.41, 5.74) is 1.18. The first kappa shape index (κ1) is 15.6. The van der Waals surface area contributed by atoms with Crippen molar-refractivity contribution in [3.63, 3.8) is 0 Å². The molecule has 0 atom stereocenters. The third-order valence-electron chi connectivity index (χ3n) is 2.94. The third kappa shape index (κ3) is 4.12. The number of benzene rings is 2. The van der Waals surface area contributed by atoms with E-state index in [0.717, 1.165) is 5.75 Å². The molecule has 4 nitrogen and oxygen atoms in total. The Labute approximate surface area is 129 Å². The minimum Gasteiger partial charge on any atom is -0.504 e. The number of ketones is 1. The summed E-state index contributed by atoms with van der Waals surface area (Å²) in [6.45, 7) is 3.88. The van der Waals surface area contributed by atoms with Gasteiger partial charge in [-0.25, -0.2) is 0 Å². The number of phenols is 2. The summed E-state index contributed by atoms with van der Waals surface area (Å²) in [6, 6.07) is 11.3. The van der Waals surface area contributed by atoms with E-state index in [1.807, 2.05) is 13.8 Å². The van der Waals surface area contributed by atoms with Crippen LogP contribution in [0.4, 0.5) is 0 Å². The molecule has 0 saturated carbocycles. The standard InChI is InChI=1S/C18H18O4/c1-12(2)22-15-7-5-14(6-8-15)16(19)9-3-13-4-10-17(20)18(21)11-13/h3-12,20-21H,1-2H3. The largest absolute Gasteiger partial charge is 0.504 e. The number of phenolic OH excluding ortho intramolecular Hbond substituents is 2. The first-order chi connectivity index (χ1) is 10.5. The monoisotopic (exact) mass is 298 g/mol. The Morgan fingerprint density at radius 2 is 1.73 bits per heavy atom. The van der Waals surface area contributed by atoms with Crippen molar-refractivity contribution >= 4 is 11.9 Å². The van der Waals surface area contributed by atoms with Gasteiger partial charge < -0.3 is 14.9 Å². The van der Waals surface area contributed by atoms with Gasteiger partial charge in [-0.05, 0) is 61.9 Å². The molecular formula is C18H18O4. The summed E-state index contributed by atoms with van der Waals surface area (Å²) in [5.74, 6) is 0.164. The molecule has 0 aromatic heterocycles. The third-order valence-corrected chi connectivity index (χ3v) is 2.94. The number of carbonyl (C=O) groups excluding carboxylic acids is 1. The van der Waals surface area contributed by atoms with Crippen LogP contribution in [0.25, 0.3) is 6.08 Å². The first-order valence-corrected chi connectivity index (χ1v) is 6.97. The lowest BCUT2D eigenvalue weighted by Gasteiger charge is -2.09. The number of aromatic hydroxyl groups is 2. The van der Waals surface area contributed by atoms with Crippen LogP contribution in [0.1, 0.15) is 29.8 Å². The predicted molar refractivity (Wildman–Crippen MR) is 85.3 cm³/mol. The van der Waals surface area contributed by atoms with Crippen LogP contribution in [0.15, 0.2) is 48.5 Å². The molecule has 0 aliphatic rings. The molecule has 0 bridgehead atoms. The molecule has 0 unspecified atom stereocenters. The Bertz CT molecular complexity index is 685. The molecule has 0 amide bonds. The molecule has 4 heteroatoms. The number of allylic oxidation sites excluding steroid dienone is 1. The summed E-state index contributed by atoms with van der Waals surface area (Å²) >= 11 is 0. The molecule has 2 aromatic carbocycles. The zero-order valence-corrected chi connectivity index (χ0v) is 12.5. The second kappa shape index (κ2) is 6.80. The Balaban J connectivity index is 2.08. The maximum absolute atomic E-state index is 12.1. The molecule has 0 heterocycles. The molecular weight excluding hydrogens is 280 g/mol. The van der Waals surface area contributed by atoms with E-state index >= 15 is 0 Å². The van der Waals surface area contributed by atoms with Crippen LogP contribution in [0.5, 0.6) is 17.2 Å². The van der Waals surface area contributed by atoms with Gasteiger partial charge in [0.05, 0.1) is 6.10 Å². The number of carbonyl (C=O) groups is 1. The Hall–Kier alpha value is -2.75. The molecule has 22 heavy (non-hydrogen) atoms. The van der Waals surface area contributed by atoms with E-state index in [2.05, 4.69) is 0 Å². The number of hydrogen-bond donors (Lipinski definition) is 2. The lowest BCUT2D eigenvalue weighted by Crippen LogP contribution is -2.05. The van der Waals surface area contributed by atoms with Crippen molar-refractivity contribution in [2.45, 2.75) is 20.0 Å². The molecule has 0 aliphatic carbocycles. The smallest absolute Gasteiger partial charge is 0.185 e. The fourth-order valence-electron chi connectivity index (χ4n) is 1.88. The van der Waals surface area contributed by atoms with E-state index in [9.17, 15) is 15.0 Å². The molecule has 0 aliphatic heterocycles. The minimum atomic E-state index is -0.218. The van der Waals surface area contributed by atoms with Gasteiger partial charge in [0.1, 0.15) is 5.75 Å². The average molecular weight is 298 g/mol. The van der Waals surface area contributed by atoms with Crippen molar-refractivity contribution in [3.8, 4) is 17.2 Å². The lowest BCUT2D eigenvalue weighted by atomic mass is 10.1. The predicted octanol–water partition coefficient (Wildman–Crippen LogP) is 3.78. The first-order valence-electron chi connectivity index (χ1n) is 6.97. The van der Waals surface area contributed by atoms with Crippen LogP contribution in [-0.2, 0) is 0 Å². The van der Waals surface area contributed by atoms with Gasteiger partial charge in [0.25, 0.3) is 0 Å². The molecule has 2 rings (SSSR count). The van der Waals surface area contributed by atoms with E-state index in [0.29, 0.717) is 11.1 Å². The van der Waals surface area contributed by atoms with E-state index < -0.39 is 0 Å². The summed E-state index contributed by atoms with van der Waals surface area (Å²) < 4.78 is 5.52. The molecule has 0 saturated heterocycles. The number of ether oxygens (including phenoxy) is 1. The molecule has 0 fully saturated rings. The fourth-order valence-corrected chi connectivity index (χ4v) is 1.88. The van der Waals surface area contributed by atoms with E-state index in [-0.39, 0.29) is 23.4 Å². The molecule has 2 aromatic rings. The SMILES string of the molecule is CC(C)Oc1ccc(C(=O)C=Cc2ccc(O)c(O)c2)cc1. The zero-order valence-electron chi connectivity index (χ0n) is 12.5. The molecule has 0 radical (unpaired) electrons. The second-order valence-corrected chi connectivity index (χ2v) is 5.14. The van der Waals surface area contributed by atoms with Crippen molar-refractivity contribution in [2.24, 2.45) is 0 Å². The maximum atomic E-state index is 12.1. The quantitative estimate of drug-likeness (QED) is 0.501. The van der Waals surface area contributed by atoms with Crippen molar-refractivity contribution in [1.29, 1.82) is 0 Å². The zero-order chi connectivity index (χ0) is 16.1. The van der Waals surface area contributed by atoms with Crippen LogP contribution >= 0.6 is 0 Å². The van der Waals surface area contributed by atoms with Crippen LogP contribution in [0.2, 0.25) is 0 Å². The Morgan fingerprint density at radius 3 is 2.32 bits per heavy atom. The fraction of sp³-hybridized carbons (Fsp3) is 0.167. The average Bonchev–Trinajstić information content (AvgIpc) is 2.48. The van der Waals surface area contributed by atoms with Gasteiger partial charge in [0.2, 0.25) is 0 Å². The van der Waals surface area contributed by atoms with Gasteiger partial charge >= 0.3 is 0 Å². The van der Waals surface area contributed by atoms with Crippen LogP contribution in [0, 0.1) is 0 Å². The van der Waals surface area contributed by atoms with Crippen molar-refractivity contribution in [3.05, 3.63) is 59.7 Å². The Morgan fingerprint density at radius 1 is 1.05 bits per heavy atom. The maximum Gasteiger partial charge on any atom is 0.185 e. The summed E-state index contributed by atoms with van der Waals surface area (Å²) in [5, 5.41) is 18.6. The van der Waals surface area contributed by atoms with Gasteiger partial charge in [0.15, 0.2) is 17.3 Å². The van der Waals surface area contributed by atoms with Gasteiger partial charge in [-0.1, -0.05) is 12.1 Å². The van der Waals surface area contributed by atoms with Gasteiger partial charge in [-0.3, -0.25) is 4.79 Å². The van der Waals surface area contributed by atoms with Crippen LogP contribution in [0.3, 0.4) is 0 Å². The Kier molecular flexibility index (Phi) is 4.84. The normalized spacial score (nSPS) is 11.0. The van der Waals surface area contributed by atoms with Crippen LogP contribution in [-0.4, -0.2) is 22.1 Å². The van der Waals surface area contributed by atoms with Gasteiger partial charge in [-0.15, -0.1) is 0 Å². The summed E-state index contributed by atoms with van der Waals surface area (Å²) in [6.07, 6.45) is 3.09. The van der Waals surface area contributed by atoms with Crippen LogP contribution < -0.4 is 4.74 Å². The summed E-state index contributed by atoms with van der Waals surface area (Å²) in [7, 11) is 0. The highest BCUT2D eigenvalue weighted by Crippen LogP contribution is 2.25. The number of hydrogen-bond acceptors (Lipinski definition) is 4. The highest BCUT2D eigenvalue weighted by atomic mass is 16.5. The summed E-state index contributed by atoms with van der Waals surface area (Å²) in [4.78, 5) is 12.1. The second-order valence-electron chi connectivity index (χ2n) is 5.14.